The van der Waals surface area contributed by atoms with Crippen LogP contribution in [0.2, 0.25) is 0 Å². The highest BCUT2D eigenvalue weighted by atomic mass is 19.1. The Hall–Kier alpha value is -2.77. The molecule has 0 saturated carbocycles. The van der Waals surface area contributed by atoms with Crippen molar-refractivity contribution in [3.05, 3.63) is 24.0 Å². The molecule has 1 fully saturated rings. The van der Waals surface area contributed by atoms with Crippen molar-refractivity contribution in [2.24, 2.45) is 5.92 Å². The van der Waals surface area contributed by atoms with Crippen LogP contribution in [0.1, 0.15) is 6.42 Å². The van der Waals surface area contributed by atoms with Gasteiger partial charge < -0.3 is 10.8 Å². The average Bonchev–Trinajstić information content (AvgIpc) is 2.80. The molecule has 2 aromatic rings. The molecule has 3 N–H and O–H groups in total. The highest BCUT2D eigenvalue weighted by Gasteiger charge is 2.36. The van der Waals surface area contributed by atoms with Crippen molar-refractivity contribution in [1.29, 1.82) is 0 Å². The van der Waals surface area contributed by atoms with Gasteiger partial charge in [0.15, 0.2) is 0 Å². The molecule has 0 spiro atoms. The summed E-state index contributed by atoms with van der Waals surface area (Å²) in [5.74, 6) is -2.87. The van der Waals surface area contributed by atoms with Crippen molar-refractivity contribution >= 4 is 34.5 Å². The lowest BCUT2D eigenvalue weighted by atomic mass is 10.1. The van der Waals surface area contributed by atoms with E-state index in [1.165, 1.54) is 17.0 Å². The molecule has 1 saturated heterocycles. The Balaban J connectivity index is 2.06. The largest absolute Gasteiger partial charge is 0.481 e. The molecule has 2 heterocycles. The number of hydrogen-bond donors (Lipinski definition) is 2. The van der Waals surface area contributed by atoms with Gasteiger partial charge in [-0.3, -0.25) is 14.5 Å². The quantitative estimate of drug-likeness (QED) is 0.846. The van der Waals surface area contributed by atoms with Gasteiger partial charge in [-0.1, -0.05) is 6.07 Å². The maximum absolute atomic E-state index is 13.7. The Kier molecular flexibility index (Phi) is 2.93. The number of carbonyl (C=O) groups is 2. The van der Waals surface area contributed by atoms with Crippen LogP contribution >= 0.6 is 0 Å². The average molecular weight is 290 g/mol. The van der Waals surface area contributed by atoms with E-state index < -0.39 is 23.6 Å². The third kappa shape index (κ3) is 2.14. The minimum Gasteiger partial charge on any atom is -0.481 e. The van der Waals surface area contributed by atoms with E-state index in [4.69, 9.17) is 10.8 Å². The number of nitrogen functional groups attached to an aromatic ring is 1. The van der Waals surface area contributed by atoms with E-state index in [9.17, 15) is 14.0 Å². The number of nitrogens with zero attached hydrogens (tertiary/aromatic N) is 3. The van der Waals surface area contributed by atoms with Crippen LogP contribution < -0.4 is 10.6 Å². The number of carboxylic acids is 1. The van der Waals surface area contributed by atoms with E-state index in [-0.39, 0.29) is 35.6 Å². The van der Waals surface area contributed by atoms with Crippen LogP contribution in [-0.4, -0.2) is 33.5 Å². The summed E-state index contributed by atoms with van der Waals surface area (Å²) < 4.78 is 13.7. The van der Waals surface area contributed by atoms with Gasteiger partial charge in [-0.2, -0.15) is 4.98 Å². The van der Waals surface area contributed by atoms with Crippen molar-refractivity contribution in [3.8, 4) is 0 Å². The lowest BCUT2D eigenvalue weighted by Gasteiger charge is -2.15. The van der Waals surface area contributed by atoms with Crippen molar-refractivity contribution in [1.82, 2.24) is 9.97 Å². The van der Waals surface area contributed by atoms with Gasteiger partial charge in [-0.05, 0) is 12.1 Å². The SMILES string of the molecule is Nc1nc(N2CC(C(=O)O)CC2=O)nc2cccc(F)c12. The molecule has 8 heteroatoms. The van der Waals surface area contributed by atoms with E-state index in [0.717, 1.165) is 0 Å². The second-order valence-corrected chi connectivity index (χ2v) is 4.79. The second kappa shape index (κ2) is 4.65. The summed E-state index contributed by atoms with van der Waals surface area (Å²) in [5, 5.41) is 9.05. The highest BCUT2D eigenvalue weighted by Crippen LogP contribution is 2.27. The van der Waals surface area contributed by atoms with Crippen LogP contribution in [0, 0.1) is 11.7 Å². The molecule has 1 atom stereocenters. The predicted octanol–water partition coefficient (Wildman–Crippen LogP) is 0.789. The van der Waals surface area contributed by atoms with Crippen LogP contribution in [0.15, 0.2) is 18.2 Å². The lowest BCUT2D eigenvalue weighted by Crippen LogP contribution is -2.28. The van der Waals surface area contributed by atoms with Crippen LogP contribution in [-0.2, 0) is 9.59 Å². The zero-order chi connectivity index (χ0) is 15.1. The molecule has 1 amide bonds. The van der Waals surface area contributed by atoms with E-state index in [1.54, 1.807) is 6.07 Å². The summed E-state index contributed by atoms with van der Waals surface area (Å²) in [4.78, 5) is 32.0. The van der Waals surface area contributed by atoms with Crippen LogP contribution in [0.3, 0.4) is 0 Å². The number of benzene rings is 1. The zero-order valence-corrected chi connectivity index (χ0v) is 10.8. The number of amides is 1. The number of halogens is 1. The molecule has 108 valence electrons. The zero-order valence-electron chi connectivity index (χ0n) is 10.8. The summed E-state index contributed by atoms with van der Waals surface area (Å²) in [6.07, 6.45) is -0.111. The Bertz CT molecular complexity index is 764. The van der Waals surface area contributed by atoms with E-state index >= 15 is 0 Å². The molecule has 0 aliphatic carbocycles. The number of hydrogen-bond acceptors (Lipinski definition) is 5. The topological polar surface area (TPSA) is 109 Å². The van der Waals surface area contributed by atoms with E-state index in [0.29, 0.717) is 0 Å². The third-order valence-electron chi connectivity index (χ3n) is 3.40. The first-order valence-electron chi connectivity index (χ1n) is 6.22. The Labute approximate surface area is 118 Å². The first-order valence-corrected chi connectivity index (χ1v) is 6.22. The number of carboxylic acid groups (broad SMARTS) is 1. The van der Waals surface area contributed by atoms with Gasteiger partial charge in [-0.15, -0.1) is 0 Å². The summed E-state index contributed by atoms with van der Waals surface area (Å²) >= 11 is 0. The fourth-order valence-corrected chi connectivity index (χ4v) is 2.34. The molecule has 1 aliphatic rings. The van der Waals surface area contributed by atoms with Crippen LogP contribution in [0.5, 0.6) is 0 Å². The van der Waals surface area contributed by atoms with Gasteiger partial charge in [-0.25, -0.2) is 9.37 Å². The summed E-state index contributed by atoms with van der Waals surface area (Å²) in [6.45, 7) is -0.0194. The minimum absolute atomic E-state index is 0.000602. The molecule has 21 heavy (non-hydrogen) atoms. The number of aliphatic carboxylic acids is 1. The predicted molar refractivity (Wildman–Crippen MR) is 72.0 cm³/mol. The molecule has 7 nitrogen and oxygen atoms in total. The molecule has 1 unspecified atom stereocenters. The first kappa shape index (κ1) is 13.2. The number of carbonyl (C=O) groups excluding carboxylic acids is 1. The van der Waals surface area contributed by atoms with Crippen molar-refractivity contribution < 1.29 is 19.1 Å². The molecule has 0 radical (unpaired) electrons. The normalized spacial score (nSPS) is 18.4. The molecule has 0 bridgehead atoms. The van der Waals surface area contributed by atoms with Crippen molar-refractivity contribution in [2.45, 2.75) is 6.42 Å². The standard InChI is InChI=1S/C13H11FN4O3/c14-7-2-1-3-8-10(7)11(15)17-13(16-8)18-5-6(12(20)21)4-9(18)19/h1-3,6H,4-5H2,(H,20,21)(H2,15,16,17). The maximum atomic E-state index is 13.7. The Morgan fingerprint density at radius 1 is 1.43 bits per heavy atom. The van der Waals surface area contributed by atoms with Gasteiger partial charge in [0.1, 0.15) is 11.6 Å². The van der Waals surface area contributed by atoms with Gasteiger partial charge in [0, 0.05) is 13.0 Å². The van der Waals surface area contributed by atoms with Gasteiger partial charge >= 0.3 is 5.97 Å². The molecule has 3 rings (SSSR count). The monoisotopic (exact) mass is 290 g/mol. The van der Waals surface area contributed by atoms with E-state index in [1.807, 2.05) is 0 Å². The fraction of sp³-hybridized carbons (Fsp3) is 0.231. The number of rotatable bonds is 2. The summed E-state index contributed by atoms with van der Waals surface area (Å²) in [6, 6.07) is 4.26. The molecule has 1 aromatic heterocycles. The highest BCUT2D eigenvalue weighted by molar-refractivity contribution is 5.99. The van der Waals surface area contributed by atoms with Crippen molar-refractivity contribution in [2.75, 3.05) is 17.2 Å². The molecular weight excluding hydrogens is 279 g/mol. The maximum Gasteiger partial charge on any atom is 0.308 e. The molecule has 1 aromatic carbocycles. The van der Waals surface area contributed by atoms with E-state index in [2.05, 4.69) is 9.97 Å². The van der Waals surface area contributed by atoms with Crippen LogP contribution in [0.4, 0.5) is 16.2 Å². The van der Waals surface area contributed by atoms with Gasteiger partial charge in [0.05, 0.1) is 16.8 Å². The number of aromatic nitrogens is 2. The van der Waals surface area contributed by atoms with Gasteiger partial charge in [0.25, 0.3) is 0 Å². The fourth-order valence-electron chi connectivity index (χ4n) is 2.34. The first-order chi connectivity index (χ1) is 9.97. The van der Waals surface area contributed by atoms with Gasteiger partial charge in [0.2, 0.25) is 11.9 Å². The second-order valence-electron chi connectivity index (χ2n) is 4.79. The lowest BCUT2D eigenvalue weighted by molar-refractivity contribution is -0.141. The Morgan fingerprint density at radius 3 is 2.86 bits per heavy atom. The summed E-state index contributed by atoms with van der Waals surface area (Å²) in [7, 11) is 0. The minimum atomic E-state index is -1.05. The number of nitrogens with two attached hydrogens (primary N) is 1. The summed E-state index contributed by atoms with van der Waals surface area (Å²) in [5.41, 5.74) is 5.99. The van der Waals surface area contributed by atoms with Crippen LogP contribution in [0.25, 0.3) is 10.9 Å². The third-order valence-corrected chi connectivity index (χ3v) is 3.40. The Morgan fingerprint density at radius 2 is 2.19 bits per heavy atom. The molecule has 1 aliphatic heterocycles. The van der Waals surface area contributed by atoms with Crippen molar-refractivity contribution in [3.63, 3.8) is 0 Å². The smallest absolute Gasteiger partial charge is 0.308 e. The number of fused-ring (bicyclic) bond motifs is 1. The molecular formula is C13H11FN4O3. The number of anilines is 2.